The molecule has 0 fully saturated rings. The lowest BCUT2D eigenvalue weighted by atomic mass is 10.1. The van der Waals surface area contributed by atoms with Crippen LogP contribution in [0, 0.1) is 13.8 Å². The van der Waals surface area contributed by atoms with Gasteiger partial charge in [0.1, 0.15) is 9.88 Å². The van der Waals surface area contributed by atoms with Crippen molar-refractivity contribution in [2.75, 3.05) is 19.0 Å². The second kappa shape index (κ2) is 7.94. The number of aryl methyl sites for hydroxylation is 1. The van der Waals surface area contributed by atoms with Gasteiger partial charge in [0, 0.05) is 12.6 Å². The maximum atomic E-state index is 12.5. The zero-order valence-corrected chi connectivity index (χ0v) is 15.4. The molecule has 0 aliphatic carbocycles. The summed E-state index contributed by atoms with van der Waals surface area (Å²) in [5.41, 5.74) is 2.27. The van der Waals surface area contributed by atoms with Crippen molar-refractivity contribution in [3.63, 3.8) is 0 Å². The molecule has 0 spiro atoms. The van der Waals surface area contributed by atoms with Crippen molar-refractivity contribution in [1.29, 1.82) is 0 Å². The van der Waals surface area contributed by atoms with Crippen molar-refractivity contribution in [2.45, 2.75) is 20.8 Å². The molecule has 2 amide bonds. The fraction of sp³-hybridized carbons (Fsp3) is 0.278. The van der Waals surface area contributed by atoms with Gasteiger partial charge in [0.05, 0.1) is 12.2 Å². The number of nitrogens with one attached hydrogen (secondary N) is 2. The molecule has 2 aromatic rings. The molecule has 132 valence electrons. The molecule has 0 aliphatic rings. The van der Waals surface area contributed by atoms with Crippen molar-refractivity contribution in [3.8, 4) is 0 Å². The fourth-order valence-corrected chi connectivity index (χ4v) is 3.36. The highest BCUT2D eigenvalue weighted by molar-refractivity contribution is 7.18. The van der Waals surface area contributed by atoms with Crippen LogP contribution in [0.3, 0.4) is 0 Å². The molecule has 0 aliphatic heterocycles. The molecule has 6 nitrogen and oxygen atoms in total. The summed E-state index contributed by atoms with van der Waals surface area (Å²) in [6, 6.07) is 7.07. The molecule has 2 rings (SSSR count). The Morgan fingerprint density at radius 3 is 2.28 bits per heavy atom. The van der Waals surface area contributed by atoms with Crippen LogP contribution >= 0.6 is 11.3 Å². The first-order chi connectivity index (χ1) is 11.9. The van der Waals surface area contributed by atoms with Gasteiger partial charge in [-0.3, -0.25) is 9.59 Å². The summed E-state index contributed by atoms with van der Waals surface area (Å²) >= 11 is 1.04. The number of anilines is 1. The largest absolute Gasteiger partial charge is 0.462 e. The van der Waals surface area contributed by atoms with Gasteiger partial charge >= 0.3 is 5.97 Å². The Labute approximate surface area is 150 Å². The van der Waals surface area contributed by atoms with Crippen LogP contribution in [0.5, 0.6) is 0 Å². The number of thiophene rings is 1. The summed E-state index contributed by atoms with van der Waals surface area (Å²) in [5, 5.41) is 5.59. The lowest BCUT2D eigenvalue weighted by Crippen LogP contribution is -2.21. The predicted octanol–water partition coefficient (Wildman–Crippen LogP) is 3.15. The quantitative estimate of drug-likeness (QED) is 0.802. The third kappa shape index (κ3) is 4.06. The van der Waals surface area contributed by atoms with Gasteiger partial charge in [-0.05, 0) is 38.5 Å². The standard InChI is InChI=1S/C18H20N2O4S/c1-5-24-18(23)14-11(3)13(16(22)19-4)17(25-14)20-15(21)12-8-6-10(2)7-9-12/h6-9H,5H2,1-4H3,(H,19,22)(H,20,21). The molecule has 25 heavy (non-hydrogen) atoms. The van der Waals surface area contributed by atoms with Crippen LogP contribution < -0.4 is 10.6 Å². The van der Waals surface area contributed by atoms with E-state index in [9.17, 15) is 14.4 Å². The maximum Gasteiger partial charge on any atom is 0.348 e. The lowest BCUT2D eigenvalue weighted by molar-refractivity contribution is 0.0531. The topological polar surface area (TPSA) is 84.5 Å². The smallest absolute Gasteiger partial charge is 0.348 e. The monoisotopic (exact) mass is 360 g/mol. The normalized spacial score (nSPS) is 10.2. The Kier molecular flexibility index (Phi) is 5.93. The fourth-order valence-electron chi connectivity index (χ4n) is 2.27. The summed E-state index contributed by atoms with van der Waals surface area (Å²) in [5.74, 6) is -1.23. The van der Waals surface area contributed by atoms with E-state index in [0.717, 1.165) is 16.9 Å². The van der Waals surface area contributed by atoms with Gasteiger partial charge in [0.2, 0.25) is 0 Å². The van der Waals surface area contributed by atoms with Crippen LogP contribution in [0.15, 0.2) is 24.3 Å². The number of esters is 1. The summed E-state index contributed by atoms with van der Waals surface area (Å²) in [6.45, 7) is 5.53. The molecular formula is C18H20N2O4S. The Bertz CT molecular complexity index is 809. The minimum atomic E-state index is -0.508. The Morgan fingerprint density at radius 1 is 1.08 bits per heavy atom. The molecular weight excluding hydrogens is 340 g/mol. The van der Waals surface area contributed by atoms with Crippen LogP contribution in [0.25, 0.3) is 0 Å². The third-order valence-electron chi connectivity index (χ3n) is 3.60. The van der Waals surface area contributed by atoms with E-state index in [2.05, 4.69) is 10.6 Å². The number of carbonyl (C=O) groups excluding carboxylic acids is 3. The number of ether oxygens (including phenoxy) is 1. The van der Waals surface area contributed by atoms with Crippen LogP contribution in [-0.2, 0) is 4.74 Å². The average molecular weight is 360 g/mol. The van der Waals surface area contributed by atoms with Crippen LogP contribution in [0.2, 0.25) is 0 Å². The number of benzene rings is 1. The van der Waals surface area contributed by atoms with E-state index in [1.54, 1.807) is 26.0 Å². The SMILES string of the molecule is CCOC(=O)c1sc(NC(=O)c2ccc(C)cc2)c(C(=O)NC)c1C. The van der Waals surface area contributed by atoms with Crippen molar-refractivity contribution in [3.05, 3.63) is 51.4 Å². The highest BCUT2D eigenvalue weighted by atomic mass is 32.1. The third-order valence-corrected chi connectivity index (χ3v) is 4.79. The van der Waals surface area contributed by atoms with Gasteiger partial charge in [-0.15, -0.1) is 11.3 Å². The van der Waals surface area contributed by atoms with E-state index in [1.165, 1.54) is 7.05 Å². The lowest BCUT2D eigenvalue weighted by Gasteiger charge is -2.07. The molecule has 7 heteroatoms. The molecule has 0 bridgehead atoms. The Balaban J connectivity index is 2.39. The summed E-state index contributed by atoms with van der Waals surface area (Å²) in [7, 11) is 1.50. The van der Waals surface area contributed by atoms with Crippen molar-refractivity contribution >= 4 is 34.1 Å². The second-order valence-corrected chi connectivity index (χ2v) is 6.40. The van der Waals surface area contributed by atoms with E-state index in [4.69, 9.17) is 4.74 Å². The average Bonchev–Trinajstić information content (AvgIpc) is 2.91. The van der Waals surface area contributed by atoms with Gasteiger partial charge < -0.3 is 15.4 Å². The van der Waals surface area contributed by atoms with Gasteiger partial charge in [-0.2, -0.15) is 0 Å². The number of amides is 2. The number of carbonyl (C=O) groups is 3. The molecule has 1 aromatic heterocycles. The highest BCUT2D eigenvalue weighted by Crippen LogP contribution is 2.34. The van der Waals surface area contributed by atoms with Crippen molar-refractivity contribution in [1.82, 2.24) is 5.32 Å². The first-order valence-corrected chi connectivity index (χ1v) is 8.61. The number of hydrogen-bond donors (Lipinski definition) is 2. The van der Waals surface area contributed by atoms with Crippen molar-refractivity contribution < 1.29 is 19.1 Å². The minimum Gasteiger partial charge on any atom is -0.462 e. The highest BCUT2D eigenvalue weighted by Gasteiger charge is 2.26. The van der Waals surface area contributed by atoms with Gasteiger partial charge in [0.25, 0.3) is 11.8 Å². The maximum absolute atomic E-state index is 12.5. The van der Waals surface area contributed by atoms with Crippen LogP contribution in [0.4, 0.5) is 5.00 Å². The molecule has 1 heterocycles. The van der Waals surface area contributed by atoms with Crippen LogP contribution in [0.1, 0.15) is 48.4 Å². The first-order valence-electron chi connectivity index (χ1n) is 7.79. The van der Waals surface area contributed by atoms with E-state index >= 15 is 0 Å². The summed E-state index contributed by atoms with van der Waals surface area (Å²) < 4.78 is 5.02. The Morgan fingerprint density at radius 2 is 1.72 bits per heavy atom. The molecule has 0 saturated carbocycles. The van der Waals surface area contributed by atoms with E-state index < -0.39 is 5.97 Å². The molecule has 0 radical (unpaired) electrons. The molecule has 0 atom stereocenters. The van der Waals surface area contributed by atoms with Gasteiger partial charge in [-0.25, -0.2) is 4.79 Å². The summed E-state index contributed by atoms with van der Waals surface area (Å²) in [6.07, 6.45) is 0. The summed E-state index contributed by atoms with van der Waals surface area (Å²) in [4.78, 5) is 37.0. The van der Waals surface area contributed by atoms with Gasteiger partial charge in [-0.1, -0.05) is 17.7 Å². The zero-order valence-electron chi connectivity index (χ0n) is 14.6. The van der Waals surface area contributed by atoms with E-state index in [0.29, 0.717) is 21.0 Å². The minimum absolute atomic E-state index is 0.233. The molecule has 1 aromatic carbocycles. The van der Waals surface area contributed by atoms with Gasteiger partial charge in [0.15, 0.2) is 0 Å². The van der Waals surface area contributed by atoms with E-state index in [-0.39, 0.29) is 24.0 Å². The Hall–Kier alpha value is -2.67. The zero-order chi connectivity index (χ0) is 18.6. The number of rotatable bonds is 5. The predicted molar refractivity (Wildman–Crippen MR) is 97.5 cm³/mol. The van der Waals surface area contributed by atoms with Crippen LogP contribution in [-0.4, -0.2) is 31.4 Å². The first kappa shape index (κ1) is 18.7. The molecule has 0 saturated heterocycles. The molecule has 0 unspecified atom stereocenters. The molecule has 2 N–H and O–H groups in total. The number of hydrogen-bond acceptors (Lipinski definition) is 5. The van der Waals surface area contributed by atoms with Crippen molar-refractivity contribution in [2.24, 2.45) is 0 Å². The second-order valence-electron chi connectivity index (χ2n) is 5.38. The van der Waals surface area contributed by atoms with E-state index in [1.807, 2.05) is 19.1 Å².